The number of hydrazine groups is 1. The van der Waals surface area contributed by atoms with Gasteiger partial charge in [0.2, 0.25) is 0 Å². The summed E-state index contributed by atoms with van der Waals surface area (Å²) < 4.78 is 21.9. The zero-order chi connectivity index (χ0) is 12.3. The second-order valence-electron chi connectivity index (χ2n) is 3.06. The molecule has 2 rings (SSSR count). The molecular formula is C9H8ClFN4OS. The van der Waals surface area contributed by atoms with Crippen LogP contribution in [0, 0.1) is 5.82 Å². The predicted octanol–water partition coefficient (Wildman–Crippen LogP) is 2.20. The van der Waals surface area contributed by atoms with Crippen molar-refractivity contribution in [3.05, 3.63) is 34.7 Å². The van der Waals surface area contributed by atoms with E-state index >= 15 is 0 Å². The number of nitrogen functional groups attached to an aromatic ring is 1. The number of halogens is 2. The lowest BCUT2D eigenvalue weighted by Crippen LogP contribution is -2.08. The molecule has 0 saturated heterocycles. The van der Waals surface area contributed by atoms with Crippen LogP contribution in [0.5, 0.6) is 5.75 Å². The van der Waals surface area contributed by atoms with Crippen LogP contribution in [0.1, 0.15) is 5.69 Å². The molecule has 0 fully saturated rings. The SMILES string of the molecule is NNc1snnc1COc1ccc(F)cc1Cl. The fourth-order valence-electron chi connectivity index (χ4n) is 1.15. The van der Waals surface area contributed by atoms with E-state index in [2.05, 4.69) is 15.0 Å². The second kappa shape index (κ2) is 5.26. The van der Waals surface area contributed by atoms with Crippen LogP contribution in [0.4, 0.5) is 9.39 Å². The van der Waals surface area contributed by atoms with E-state index in [1.807, 2.05) is 0 Å². The zero-order valence-corrected chi connectivity index (χ0v) is 10.1. The molecule has 0 unspecified atom stereocenters. The van der Waals surface area contributed by atoms with Crippen LogP contribution in [0.15, 0.2) is 18.2 Å². The van der Waals surface area contributed by atoms with E-state index in [9.17, 15) is 4.39 Å². The number of benzene rings is 1. The molecule has 2 aromatic rings. The molecule has 1 heterocycles. The Balaban J connectivity index is 2.07. The first kappa shape index (κ1) is 12.0. The Morgan fingerprint density at radius 2 is 2.35 bits per heavy atom. The number of rotatable bonds is 4. The lowest BCUT2D eigenvalue weighted by atomic mass is 10.3. The number of nitrogens with zero attached hydrogens (tertiary/aromatic N) is 2. The van der Waals surface area contributed by atoms with Gasteiger partial charge in [-0.2, -0.15) is 0 Å². The summed E-state index contributed by atoms with van der Waals surface area (Å²) in [5.41, 5.74) is 3.02. The van der Waals surface area contributed by atoms with Crippen molar-refractivity contribution < 1.29 is 9.13 Å². The van der Waals surface area contributed by atoms with Gasteiger partial charge < -0.3 is 10.2 Å². The number of hydrogen-bond acceptors (Lipinski definition) is 6. The molecule has 0 amide bonds. The summed E-state index contributed by atoms with van der Waals surface area (Å²) >= 11 is 6.93. The first-order chi connectivity index (χ1) is 8.20. The highest BCUT2D eigenvalue weighted by Gasteiger charge is 2.09. The molecule has 0 saturated carbocycles. The maximum atomic E-state index is 12.8. The monoisotopic (exact) mass is 274 g/mol. The summed E-state index contributed by atoms with van der Waals surface area (Å²) in [5.74, 6) is 5.23. The first-order valence-corrected chi connectivity index (χ1v) is 5.71. The third kappa shape index (κ3) is 2.82. The molecule has 1 aromatic heterocycles. The minimum Gasteiger partial charge on any atom is -0.486 e. The highest BCUT2D eigenvalue weighted by atomic mass is 35.5. The molecule has 0 bridgehead atoms. The molecule has 0 radical (unpaired) electrons. The Morgan fingerprint density at radius 1 is 1.53 bits per heavy atom. The van der Waals surface area contributed by atoms with Crippen molar-refractivity contribution >= 4 is 28.1 Å². The van der Waals surface area contributed by atoms with Gasteiger partial charge in [-0.25, -0.2) is 10.2 Å². The van der Waals surface area contributed by atoms with Gasteiger partial charge in [-0.3, -0.25) is 0 Å². The fraction of sp³-hybridized carbons (Fsp3) is 0.111. The number of ether oxygens (including phenoxy) is 1. The van der Waals surface area contributed by atoms with Crippen molar-refractivity contribution in [1.29, 1.82) is 0 Å². The van der Waals surface area contributed by atoms with Gasteiger partial charge in [0.05, 0.1) is 5.02 Å². The smallest absolute Gasteiger partial charge is 0.150 e. The van der Waals surface area contributed by atoms with Crippen LogP contribution in [0.2, 0.25) is 5.02 Å². The highest BCUT2D eigenvalue weighted by Crippen LogP contribution is 2.26. The largest absolute Gasteiger partial charge is 0.486 e. The third-order valence-electron chi connectivity index (χ3n) is 1.95. The Kier molecular flexibility index (Phi) is 3.72. The lowest BCUT2D eigenvalue weighted by Gasteiger charge is -2.06. The molecule has 90 valence electrons. The van der Waals surface area contributed by atoms with Crippen LogP contribution in [0.3, 0.4) is 0 Å². The number of anilines is 1. The van der Waals surface area contributed by atoms with Crippen molar-refractivity contribution in [2.75, 3.05) is 5.43 Å². The molecule has 0 aliphatic carbocycles. The van der Waals surface area contributed by atoms with Crippen LogP contribution in [-0.4, -0.2) is 9.59 Å². The molecule has 3 N–H and O–H groups in total. The van der Waals surface area contributed by atoms with Gasteiger partial charge in [0.25, 0.3) is 0 Å². The molecule has 0 aliphatic heterocycles. The highest BCUT2D eigenvalue weighted by molar-refractivity contribution is 7.10. The van der Waals surface area contributed by atoms with E-state index in [1.54, 1.807) is 0 Å². The fourth-order valence-corrected chi connectivity index (χ4v) is 1.85. The Bertz CT molecular complexity index is 521. The van der Waals surface area contributed by atoms with Gasteiger partial charge in [0.15, 0.2) is 5.00 Å². The van der Waals surface area contributed by atoms with E-state index in [0.717, 1.165) is 11.5 Å². The van der Waals surface area contributed by atoms with Gasteiger partial charge in [0, 0.05) is 11.5 Å². The Hall–Kier alpha value is -1.44. The van der Waals surface area contributed by atoms with Gasteiger partial charge >= 0.3 is 0 Å². The predicted molar refractivity (Wildman–Crippen MR) is 63.5 cm³/mol. The van der Waals surface area contributed by atoms with Crippen LogP contribution >= 0.6 is 23.1 Å². The lowest BCUT2D eigenvalue weighted by molar-refractivity contribution is 0.301. The van der Waals surface area contributed by atoms with E-state index in [-0.39, 0.29) is 11.6 Å². The van der Waals surface area contributed by atoms with Crippen molar-refractivity contribution in [3.63, 3.8) is 0 Å². The number of nitrogens with two attached hydrogens (primary N) is 1. The quantitative estimate of drug-likeness (QED) is 0.660. The van der Waals surface area contributed by atoms with Gasteiger partial charge in [-0.05, 0) is 18.2 Å². The molecular weight excluding hydrogens is 267 g/mol. The summed E-state index contributed by atoms with van der Waals surface area (Å²) in [6.07, 6.45) is 0. The molecule has 0 spiro atoms. The van der Waals surface area contributed by atoms with E-state index in [0.29, 0.717) is 16.4 Å². The van der Waals surface area contributed by atoms with E-state index < -0.39 is 5.82 Å². The Morgan fingerprint density at radius 3 is 3.06 bits per heavy atom. The maximum absolute atomic E-state index is 12.8. The van der Waals surface area contributed by atoms with E-state index in [1.165, 1.54) is 18.2 Å². The summed E-state index contributed by atoms with van der Waals surface area (Å²) in [5, 5.41) is 4.65. The molecule has 0 atom stereocenters. The van der Waals surface area contributed by atoms with Crippen molar-refractivity contribution in [3.8, 4) is 5.75 Å². The van der Waals surface area contributed by atoms with Crippen molar-refractivity contribution in [2.24, 2.45) is 5.84 Å². The molecule has 0 aliphatic rings. The number of nitrogens with one attached hydrogen (secondary N) is 1. The second-order valence-corrected chi connectivity index (χ2v) is 4.22. The maximum Gasteiger partial charge on any atom is 0.150 e. The van der Waals surface area contributed by atoms with Gasteiger partial charge in [0.1, 0.15) is 23.9 Å². The van der Waals surface area contributed by atoms with Crippen LogP contribution in [-0.2, 0) is 6.61 Å². The summed E-state index contributed by atoms with van der Waals surface area (Å²) in [7, 11) is 0. The normalized spacial score (nSPS) is 10.3. The minimum atomic E-state index is -0.415. The van der Waals surface area contributed by atoms with Crippen molar-refractivity contribution in [2.45, 2.75) is 6.61 Å². The van der Waals surface area contributed by atoms with Crippen molar-refractivity contribution in [1.82, 2.24) is 9.59 Å². The number of aromatic nitrogens is 2. The van der Waals surface area contributed by atoms with Gasteiger partial charge in [-0.1, -0.05) is 16.1 Å². The third-order valence-corrected chi connectivity index (χ3v) is 2.94. The molecule has 17 heavy (non-hydrogen) atoms. The number of hydrogen-bond donors (Lipinski definition) is 2. The average Bonchev–Trinajstić information content (AvgIpc) is 2.75. The van der Waals surface area contributed by atoms with Crippen LogP contribution in [0.25, 0.3) is 0 Å². The summed E-state index contributed by atoms with van der Waals surface area (Å²) in [4.78, 5) is 0. The standard InChI is InChI=1S/C9H8ClFN4OS/c10-6-3-5(11)1-2-8(6)16-4-7-9(13-12)17-15-14-7/h1-3,13H,4,12H2. The van der Waals surface area contributed by atoms with Gasteiger partial charge in [-0.15, -0.1) is 5.10 Å². The first-order valence-electron chi connectivity index (χ1n) is 4.56. The molecule has 8 heteroatoms. The molecule has 5 nitrogen and oxygen atoms in total. The van der Waals surface area contributed by atoms with E-state index in [4.69, 9.17) is 22.2 Å². The Labute approximate surface area is 105 Å². The summed E-state index contributed by atoms with van der Waals surface area (Å²) in [6.45, 7) is 0.154. The molecule has 1 aromatic carbocycles. The van der Waals surface area contributed by atoms with Crippen LogP contribution < -0.4 is 16.0 Å². The average molecular weight is 275 g/mol. The zero-order valence-electron chi connectivity index (χ0n) is 8.48. The minimum absolute atomic E-state index is 0.154. The topological polar surface area (TPSA) is 73.1 Å². The summed E-state index contributed by atoms with van der Waals surface area (Å²) in [6, 6.07) is 3.90.